The van der Waals surface area contributed by atoms with E-state index in [-0.39, 0.29) is 23.7 Å². The Bertz CT molecular complexity index is 1060. The minimum absolute atomic E-state index is 0.0885. The van der Waals surface area contributed by atoms with Crippen LogP contribution in [0.2, 0.25) is 0 Å². The van der Waals surface area contributed by atoms with E-state index in [0.29, 0.717) is 11.3 Å². The van der Waals surface area contributed by atoms with Gasteiger partial charge in [0.15, 0.2) is 11.5 Å². The number of hydrogen-bond acceptors (Lipinski definition) is 2. The lowest BCUT2D eigenvalue weighted by Gasteiger charge is -2.34. The average Bonchev–Trinajstić information content (AvgIpc) is 3.09. The van der Waals surface area contributed by atoms with Crippen LogP contribution in [0.5, 0.6) is 11.5 Å². The third-order valence-corrected chi connectivity index (χ3v) is 6.11. The van der Waals surface area contributed by atoms with Crippen LogP contribution >= 0.6 is 0 Å². The summed E-state index contributed by atoms with van der Waals surface area (Å²) in [5, 5.41) is 0. The molecule has 2 nitrogen and oxygen atoms in total. The second-order valence-electron chi connectivity index (χ2n) is 7.73. The van der Waals surface area contributed by atoms with Gasteiger partial charge in [-0.3, -0.25) is 0 Å². The zero-order valence-electron chi connectivity index (χ0n) is 17.1. The molecule has 0 bridgehead atoms. The van der Waals surface area contributed by atoms with Crippen molar-refractivity contribution in [3.63, 3.8) is 0 Å². The average molecular weight is 412 g/mol. The second-order valence-corrected chi connectivity index (χ2v) is 7.73. The monoisotopic (exact) mass is 412 g/mol. The number of halogens is 3. The molecule has 0 saturated carbocycles. The topological polar surface area (TPSA) is 18.5 Å². The Morgan fingerprint density at radius 1 is 0.867 bits per heavy atom. The lowest BCUT2D eigenvalue weighted by Crippen LogP contribution is -2.41. The van der Waals surface area contributed by atoms with E-state index >= 15 is 0 Å². The van der Waals surface area contributed by atoms with Crippen LogP contribution in [0, 0.1) is 6.92 Å². The smallest absolute Gasteiger partial charge is 0.402 e. The Morgan fingerprint density at radius 3 is 2.20 bits per heavy atom. The van der Waals surface area contributed by atoms with Gasteiger partial charge in [0.1, 0.15) is 5.41 Å². The Morgan fingerprint density at radius 2 is 1.57 bits per heavy atom. The highest BCUT2D eigenvalue weighted by Crippen LogP contribution is 2.60. The standard InChI is InChI=1S/C25H23F3O2/c1-16-9-11-21-19(13-16)20(17-7-5-4-6-8-17)15-24(21,25(26,27)28)18-10-12-22(29-2)23(14-18)30-3/h4-14,20H,15H2,1-3H3/t20-,24+/m0/s1. The first kappa shape index (κ1) is 20.3. The molecule has 0 unspecified atom stereocenters. The van der Waals surface area contributed by atoms with Gasteiger partial charge in [-0.25, -0.2) is 0 Å². The van der Waals surface area contributed by atoms with Crippen LogP contribution in [0.4, 0.5) is 13.2 Å². The number of methoxy groups -OCH3 is 2. The fourth-order valence-corrected chi connectivity index (χ4v) is 4.68. The van der Waals surface area contributed by atoms with Crippen molar-refractivity contribution in [2.24, 2.45) is 0 Å². The largest absolute Gasteiger partial charge is 0.493 e. The van der Waals surface area contributed by atoms with Gasteiger partial charge in [0.25, 0.3) is 0 Å². The van der Waals surface area contributed by atoms with E-state index in [1.807, 2.05) is 43.3 Å². The van der Waals surface area contributed by atoms with Crippen LogP contribution in [0.15, 0.2) is 66.7 Å². The Hall–Kier alpha value is -2.95. The zero-order valence-corrected chi connectivity index (χ0v) is 17.1. The molecule has 156 valence electrons. The highest BCUT2D eigenvalue weighted by molar-refractivity contribution is 5.58. The molecule has 0 heterocycles. The van der Waals surface area contributed by atoms with Crippen molar-refractivity contribution in [1.29, 1.82) is 0 Å². The predicted molar refractivity (Wildman–Crippen MR) is 110 cm³/mol. The zero-order chi connectivity index (χ0) is 21.5. The molecular weight excluding hydrogens is 389 g/mol. The molecule has 0 aliphatic heterocycles. The number of fused-ring (bicyclic) bond motifs is 1. The summed E-state index contributed by atoms with van der Waals surface area (Å²) in [6, 6.07) is 19.2. The molecule has 1 aliphatic rings. The summed E-state index contributed by atoms with van der Waals surface area (Å²) in [7, 11) is 2.90. The molecule has 2 atom stereocenters. The van der Waals surface area contributed by atoms with Gasteiger partial charge in [-0.15, -0.1) is 0 Å². The molecule has 0 fully saturated rings. The highest BCUT2D eigenvalue weighted by Gasteiger charge is 2.62. The van der Waals surface area contributed by atoms with Crippen molar-refractivity contribution in [1.82, 2.24) is 0 Å². The van der Waals surface area contributed by atoms with Gasteiger partial charge in [0.05, 0.1) is 14.2 Å². The second kappa shape index (κ2) is 7.38. The first-order valence-corrected chi connectivity index (χ1v) is 9.77. The van der Waals surface area contributed by atoms with E-state index < -0.39 is 11.6 Å². The molecule has 0 spiro atoms. The summed E-state index contributed by atoms with van der Waals surface area (Å²) in [4.78, 5) is 0. The lowest BCUT2D eigenvalue weighted by atomic mass is 9.73. The van der Waals surface area contributed by atoms with Gasteiger partial charge in [0.2, 0.25) is 0 Å². The first-order chi connectivity index (χ1) is 14.3. The summed E-state index contributed by atoms with van der Waals surface area (Å²) in [5.74, 6) is 0.339. The summed E-state index contributed by atoms with van der Waals surface area (Å²) in [6.07, 6.45) is -4.57. The number of aryl methyl sites for hydroxylation is 1. The summed E-state index contributed by atoms with van der Waals surface area (Å²) in [6.45, 7) is 1.91. The Balaban J connectivity index is 1.99. The lowest BCUT2D eigenvalue weighted by molar-refractivity contribution is -0.178. The van der Waals surface area contributed by atoms with Crippen LogP contribution in [-0.2, 0) is 5.41 Å². The van der Waals surface area contributed by atoms with Crippen LogP contribution in [0.1, 0.15) is 40.2 Å². The minimum atomic E-state index is -4.49. The van der Waals surface area contributed by atoms with Gasteiger partial charge < -0.3 is 9.47 Å². The summed E-state index contributed by atoms with van der Waals surface area (Å²) < 4.78 is 55.3. The van der Waals surface area contributed by atoms with Crippen LogP contribution in [-0.4, -0.2) is 20.4 Å². The fourth-order valence-electron chi connectivity index (χ4n) is 4.68. The van der Waals surface area contributed by atoms with E-state index in [9.17, 15) is 13.2 Å². The molecule has 1 aliphatic carbocycles. The third kappa shape index (κ3) is 3.04. The maximum absolute atomic E-state index is 14.9. The van der Waals surface area contributed by atoms with Gasteiger partial charge in [-0.1, -0.05) is 60.2 Å². The molecule has 3 aromatic carbocycles. The summed E-state index contributed by atoms with van der Waals surface area (Å²) in [5.41, 5.74) is 0.901. The van der Waals surface area contributed by atoms with E-state index in [2.05, 4.69) is 0 Å². The fraction of sp³-hybridized carbons (Fsp3) is 0.280. The van der Waals surface area contributed by atoms with Gasteiger partial charge in [0, 0.05) is 5.92 Å². The first-order valence-electron chi connectivity index (χ1n) is 9.77. The van der Waals surface area contributed by atoms with Crippen molar-refractivity contribution in [3.8, 4) is 11.5 Å². The molecule has 0 N–H and O–H groups in total. The molecular formula is C25H23F3O2. The molecule has 0 radical (unpaired) electrons. The third-order valence-electron chi connectivity index (χ3n) is 6.11. The molecule has 0 amide bonds. The van der Waals surface area contributed by atoms with E-state index in [1.54, 1.807) is 18.2 Å². The Kier molecular flexibility index (Phi) is 5.00. The quantitative estimate of drug-likeness (QED) is 0.494. The van der Waals surface area contributed by atoms with Gasteiger partial charge in [-0.2, -0.15) is 13.2 Å². The van der Waals surface area contributed by atoms with Crippen molar-refractivity contribution in [2.75, 3.05) is 14.2 Å². The normalized spacial score (nSPS) is 20.7. The molecule has 3 aromatic rings. The van der Waals surface area contributed by atoms with Crippen molar-refractivity contribution in [2.45, 2.75) is 30.9 Å². The number of rotatable bonds is 4. The van der Waals surface area contributed by atoms with Crippen LogP contribution < -0.4 is 9.47 Å². The Labute approximate surface area is 174 Å². The molecule has 5 heteroatoms. The van der Waals surface area contributed by atoms with Crippen LogP contribution in [0.3, 0.4) is 0 Å². The molecule has 30 heavy (non-hydrogen) atoms. The highest BCUT2D eigenvalue weighted by atomic mass is 19.4. The number of alkyl halides is 3. The van der Waals surface area contributed by atoms with Crippen molar-refractivity contribution in [3.05, 3.63) is 94.5 Å². The SMILES string of the molecule is COc1ccc([C@]2(C(F)(F)F)C[C@@H](c3ccccc3)c3cc(C)ccc32)cc1OC. The van der Waals surface area contributed by atoms with E-state index in [0.717, 1.165) is 16.7 Å². The number of benzene rings is 3. The number of hydrogen-bond donors (Lipinski definition) is 0. The van der Waals surface area contributed by atoms with Crippen LogP contribution in [0.25, 0.3) is 0 Å². The number of ether oxygens (including phenoxy) is 2. The van der Waals surface area contributed by atoms with Gasteiger partial charge >= 0.3 is 6.18 Å². The van der Waals surface area contributed by atoms with Gasteiger partial charge in [-0.05, 0) is 47.7 Å². The maximum Gasteiger partial charge on any atom is 0.402 e. The van der Waals surface area contributed by atoms with Crippen molar-refractivity contribution >= 4 is 0 Å². The van der Waals surface area contributed by atoms with E-state index in [4.69, 9.17) is 9.47 Å². The molecule has 4 rings (SSSR count). The van der Waals surface area contributed by atoms with E-state index in [1.165, 1.54) is 26.4 Å². The molecule has 0 aromatic heterocycles. The summed E-state index contributed by atoms with van der Waals surface area (Å²) >= 11 is 0. The predicted octanol–water partition coefficient (Wildman–Crippen LogP) is 6.40. The minimum Gasteiger partial charge on any atom is -0.493 e. The van der Waals surface area contributed by atoms with Crippen molar-refractivity contribution < 1.29 is 22.6 Å². The maximum atomic E-state index is 14.9. The molecule has 0 saturated heterocycles.